The number of imidazole rings is 1. The number of allylic oxidation sites excluding steroid dienone is 1. The second-order valence-corrected chi connectivity index (χ2v) is 10.3. The number of benzene rings is 2. The summed E-state index contributed by atoms with van der Waals surface area (Å²) in [5.41, 5.74) is 8.13. The van der Waals surface area contributed by atoms with Crippen LogP contribution in [0, 0.1) is 12.8 Å². The minimum Gasteiger partial charge on any atom is -0.493 e. The van der Waals surface area contributed by atoms with E-state index in [9.17, 15) is 4.79 Å². The maximum absolute atomic E-state index is 11.3. The van der Waals surface area contributed by atoms with Gasteiger partial charge in [-0.2, -0.15) is 0 Å². The lowest BCUT2D eigenvalue weighted by molar-refractivity contribution is -0.137. The molecule has 0 spiro atoms. The van der Waals surface area contributed by atoms with E-state index in [1.165, 1.54) is 40.1 Å². The Kier molecular flexibility index (Phi) is 6.49. The van der Waals surface area contributed by atoms with E-state index in [0.29, 0.717) is 30.3 Å². The van der Waals surface area contributed by atoms with Crippen LogP contribution < -0.4 is 9.47 Å². The third-order valence-electron chi connectivity index (χ3n) is 7.97. The molecule has 0 bridgehead atoms. The van der Waals surface area contributed by atoms with Gasteiger partial charge in [0.1, 0.15) is 11.5 Å². The Balaban J connectivity index is 0.000000136. The van der Waals surface area contributed by atoms with E-state index in [1.807, 2.05) is 19.1 Å². The van der Waals surface area contributed by atoms with Crippen molar-refractivity contribution in [1.82, 2.24) is 9.97 Å². The average molecular weight is 499 g/mol. The number of carbonyl (C=O) groups excluding carboxylic acids is 1. The van der Waals surface area contributed by atoms with Gasteiger partial charge in [-0.25, -0.2) is 9.78 Å². The Morgan fingerprint density at radius 3 is 2.30 bits per heavy atom. The summed E-state index contributed by atoms with van der Waals surface area (Å²) in [5.74, 6) is 4.15. The molecule has 192 valence electrons. The van der Waals surface area contributed by atoms with E-state index in [2.05, 4.69) is 47.2 Å². The van der Waals surface area contributed by atoms with E-state index >= 15 is 0 Å². The Morgan fingerprint density at radius 1 is 1.00 bits per heavy atom. The summed E-state index contributed by atoms with van der Waals surface area (Å²) in [6, 6.07) is 12.8. The van der Waals surface area contributed by atoms with Crippen LogP contribution in [0.5, 0.6) is 11.5 Å². The molecule has 6 nitrogen and oxygen atoms in total. The molecule has 4 atom stereocenters. The summed E-state index contributed by atoms with van der Waals surface area (Å²) >= 11 is 0. The van der Waals surface area contributed by atoms with E-state index in [-0.39, 0.29) is 5.97 Å². The largest absolute Gasteiger partial charge is 0.493 e. The van der Waals surface area contributed by atoms with Crippen LogP contribution in [0.2, 0.25) is 0 Å². The van der Waals surface area contributed by atoms with Crippen molar-refractivity contribution in [3.63, 3.8) is 0 Å². The maximum atomic E-state index is 11.3. The molecule has 2 aliphatic carbocycles. The highest BCUT2D eigenvalue weighted by Crippen LogP contribution is 2.56. The number of nitrogens with zero attached hydrogens (tertiary/aromatic N) is 1. The van der Waals surface area contributed by atoms with Crippen molar-refractivity contribution in [3.05, 3.63) is 88.5 Å². The van der Waals surface area contributed by atoms with Gasteiger partial charge in [-0.1, -0.05) is 30.3 Å². The number of esters is 1. The van der Waals surface area contributed by atoms with Gasteiger partial charge in [0.25, 0.3) is 0 Å². The minimum atomic E-state index is -0.241. The third kappa shape index (κ3) is 4.89. The molecular formula is C31H34N2O4. The lowest BCUT2D eigenvalue weighted by atomic mass is 9.99. The van der Waals surface area contributed by atoms with Crippen LogP contribution in [0.25, 0.3) is 0 Å². The zero-order chi connectivity index (χ0) is 25.4. The third-order valence-corrected chi connectivity index (χ3v) is 7.97. The molecule has 1 aromatic heterocycles. The first kappa shape index (κ1) is 23.8. The molecule has 2 aliphatic heterocycles. The van der Waals surface area contributed by atoms with E-state index < -0.39 is 0 Å². The molecule has 3 aromatic rings. The number of nitrogens with one attached hydrogen (secondary N) is 1. The number of hydrogen-bond donors (Lipinski definition) is 1. The van der Waals surface area contributed by atoms with Gasteiger partial charge in [-0.3, -0.25) is 0 Å². The fourth-order valence-electron chi connectivity index (χ4n) is 5.95. The molecule has 2 fully saturated rings. The van der Waals surface area contributed by atoms with Crippen molar-refractivity contribution < 1.29 is 19.0 Å². The van der Waals surface area contributed by atoms with Crippen molar-refractivity contribution in [1.29, 1.82) is 0 Å². The zero-order valence-corrected chi connectivity index (χ0v) is 21.5. The molecule has 4 aliphatic rings. The van der Waals surface area contributed by atoms with Gasteiger partial charge in [0.05, 0.1) is 31.8 Å². The van der Waals surface area contributed by atoms with E-state index in [0.717, 1.165) is 44.0 Å². The molecule has 1 N–H and O–H groups in total. The lowest BCUT2D eigenvalue weighted by Crippen LogP contribution is -1.99. The van der Waals surface area contributed by atoms with Crippen molar-refractivity contribution in [2.45, 2.75) is 57.3 Å². The van der Waals surface area contributed by atoms with Gasteiger partial charge in [-0.05, 0) is 67.7 Å². The number of hydrogen-bond acceptors (Lipinski definition) is 5. The fraction of sp³-hybridized carbons (Fsp3) is 0.419. The number of aromatic amines is 1. The molecule has 0 amide bonds. The molecular weight excluding hydrogens is 464 g/mol. The number of aromatic nitrogens is 2. The highest BCUT2D eigenvalue weighted by Gasteiger charge is 2.43. The molecule has 4 unspecified atom stereocenters. The van der Waals surface area contributed by atoms with Gasteiger partial charge in [0.15, 0.2) is 0 Å². The standard InChI is InChI=1S/C16H18O3.C15H16N2O/c1-2-18-16(17)7-6-11-10-14(11)12-4-3-5-15-13(12)8-9-19-15;1-9-15(17-8-16-9)13-7-12(13)10-3-2-4-14-11(10)5-6-18-14/h3-7,11,14H,2,8-10H2,1H3;2-4,8,12-13H,5-7H2,1H3,(H,16,17)/b7-6+;. The fourth-order valence-corrected chi connectivity index (χ4v) is 5.95. The molecule has 7 rings (SSSR count). The Labute approximate surface area is 218 Å². The quantitative estimate of drug-likeness (QED) is 0.345. The molecule has 37 heavy (non-hydrogen) atoms. The Bertz CT molecular complexity index is 1330. The first-order valence-electron chi connectivity index (χ1n) is 13.5. The summed E-state index contributed by atoms with van der Waals surface area (Å²) in [6.45, 7) is 5.99. The second-order valence-electron chi connectivity index (χ2n) is 10.3. The van der Waals surface area contributed by atoms with E-state index in [1.54, 1.807) is 12.4 Å². The second kappa shape index (κ2) is 10.1. The molecule has 2 saturated carbocycles. The van der Waals surface area contributed by atoms with Crippen molar-refractivity contribution in [2.75, 3.05) is 19.8 Å². The monoisotopic (exact) mass is 498 g/mol. The molecule has 3 heterocycles. The van der Waals surface area contributed by atoms with Gasteiger partial charge >= 0.3 is 5.97 Å². The number of H-pyrrole nitrogens is 1. The minimum absolute atomic E-state index is 0.241. The smallest absolute Gasteiger partial charge is 0.330 e. The highest BCUT2D eigenvalue weighted by atomic mass is 16.5. The molecule has 2 aromatic carbocycles. The van der Waals surface area contributed by atoms with E-state index in [4.69, 9.17) is 14.2 Å². The van der Waals surface area contributed by atoms with Gasteiger partial charge < -0.3 is 19.2 Å². The first-order valence-corrected chi connectivity index (χ1v) is 13.5. The van der Waals surface area contributed by atoms with Crippen LogP contribution >= 0.6 is 0 Å². The van der Waals surface area contributed by atoms with Crippen LogP contribution in [-0.2, 0) is 22.4 Å². The number of rotatable bonds is 6. The highest BCUT2D eigenvalue weighted by molar-refractivity contribution is 5.82. The number of carbonyl (C=O) groups is 1. The van der Waals surface area contributed by atoms with Gasteiger partial charge in [-0.15, -0.1) is 0 Å². The number of fused-ring (bicyclic) bond motifs is 2. The van der Waals surface area contributed by atoms with Crippen molar-refractivity contribution in [3.8, 4) is 11.5 Å². The van der Waals surface area contributed by atoms with Gasteiger partial charge in [0, 0.05) is 41.7 Å². The predicted molar refractivity (Wildman–Crippen MR) is 141 cm³/mol. The first-order chi connectivity index (χ1) is 18.1. The van der Waals surface area contributed by atoms with Crippen molar-refractivity contribution in [2.24, 2.45) is 5.92 Å². The SMILES string of the molecule is CCOC(=O)/C=C/C1CC1c1cccc2c1CCO2.Cc1[nH]cnc1C1CC1c1cccc2c1CCO2. The van der Waals surface area contributed by atoms with Gasteiger partial charge in [0.2, 0.25) is 0 Å². The maximum Gasteiger partial charge on any atom is 0.330 e. The number of aryl methyl sites for hydroxylation is 1. The molecule has 0 radical (unpaired) electrons. The van der Waals surface area contributed by atoms with Crippen molar-refractivity contribution >= 4 is 5.97 Å². The van der Waals surface area contributed by atoms with Crippen LogP contribution in [0.1, 0.15) is 71.2 Å². The van der Waals surface area contributed by atoms with Crippen LogP contribution in [0.4, 0.5) is 0 Å². The Hall–Kier alpha value is -3.54. The molecule has 0 saturated heterocycles. The summed E-state index contributed by atoms with van der Waals surface area (Å²) < 4.78 is 16.1. The van der Waals surface area contributed by atoms with Crippen LogP contribution in [0.3, 0.4) is 0 Å². The normalized spacial score (nSPS) is 24.4. The van der Waals surface area contributed by atoms with Crippen LogP contribution in [0.15, 0.2) is 54.9 Å². The topological polar surface area (TPSA) is 73.4 Å². The summed E-state index contributed by atoms with van der Waals surface area (Å²) in [6.07, 6.45) is 9.77. The summed E-state index contributed by atoms with van der Waals surface area (Å²) in [7, 11) is 0. The summed E-state index contributed by atoms with van der Waals surface area (Å²) in [4.78, 5) is 18.9. The average Bonchev–Trinajstić information content (AvgIpc) is 3.64. The lowest BCUT2D eigenvalue weighted by Gasteiger charge is -2.06. The predicted octanol–water partition coefficient (Wildman–Crippen LogP) is 5.77. The number of ether oxygens (including phenoxy) is 3. The van der Waals surface area contributed by atoms with Crippen LogP contribution in [-0.4, -0.2) is 35.8 Å². The Morgan fingerprint density at radius 2 is 1.68 bits per heavy atom. The summed E-state index contributed by atoms with van der Waals surface area (Å²) in [5, 5.41) is 0. The zero-order valence-electron chi connectivity index (χ0n) is 21.5. The molecule has 6 heteroatoms.